The average Bonchev–Trinajstić information content (AvgIpc) is 2.69. The van der Waals surface area contributed by atoms with Crippen molar-refractivity contribution in [3.8, 4) is 0 Å². The van der Waals surface area contributed by atoms with Crippen LogP contribution in [-0.4, -0.2) is 37.6 Å². The quantitative estimate of drug-likeness (QED) is 0.621. The fraction of sp³-hybridized carbons (Fsp3) is 1.00. The summed E-state index contributed by atoms with van der Waals surface area (Å²) >= 11 is 0. The molecule has 0 aromatic heterocycles. The van der Waals surface area contributed by atoms with Gasteiger partial charge in [-0.15, -0.1) is 0 Å². The molecule has 3 rings (SSSR count). The molecular formula is C23H50N2. The molecule has 2 saturated heterocycles. The molecule has 1 saturated carbocycles. The van der Waals surface area contributed by atoms with E-state index in [1.54, 1.807) is 0 Å². The Kier molecular flexibility index (Phi) is 17.3. The van der Waals surface area contributed by atoms with Crippen molar-refractivity contribution in [1.29, 1.82) is 0 Å². The van der Waals surface area contributed by atoms with Crippen molar-refractivity contribution in [2.45, 2.75) is 99.3 Å². The standard InChI is InChI=1S/C13H25N.C6H13N.2C2H6/c1-12-7-9-14(10-8-12)11-13-5-3-2-4-6-13;1-6-2-4-7-5-3-6;2*1-2/h12-13H,2-11H2,1H3;6-7H,2-5H2,1H3;2*1-2H3. The second kappa shape index (κ2) is 17.3. The second-order valence-electron chi connectivity index (χ2n) is 7.92. The van der Waals surface area contributed by atoms with Gasteiger partial charge < -0.3 is 10.2 Å². The number of nitrogens with one attached hydrogen (secondary N) is 1. The van der Waals surface area contributed by atoms with Gasteiger partial charge in [-0.25, -0.2) is 0 Å². The average molecular weight is 355 g/mol. The maximum Gasteiger partial charge on any atom is 0.000966 e. The van der Waals surface area contributed by atoms with Gasteiger partial charge in [0.05, 0.1) is 0 Å². The molecule has 3 aliphatic rings. The van der Waals surface area contributed by atoms with E-state index in [0.29, 0.717) is 0 Å². The van der Waals surface area contributed by atoms with Crippen LogP contribution in [0.5, 0.6) is 0 Å². The van der Waals surface area contributed by atoms with Gasteiger partial charge in [0.15, 0.2) is 0 Å². The summed E-state index contributed by atoms with van der Waals surface area (Å²) in [6.07, 6.45) is 13.1. The second-order valence-corrected chi connectivity index (χ2v) is 7.92. The largest absolute Gasteiger partial charge is 0.317 e. The van der Waals surface area contributed by atoms with E-state index in [9.17, 15) is 0 Å². The molecule has 2 heteroatoms. The molecule has 1 N–H and O–H groups in total. The Morgan fingerprint density at radius 3 is 1.60 bits per heavy atom. The van der Waals surface area contributed by atoms with Crippen molar-refractivity contribution < 1.29 is 0 Å². The first-order valence-corrected chi connectivity index (χ1v) is 11.7. The third-order valence-electron chi connectivity index (χ3n) is 5.75. The first kappa shape index (κ1) is 24.9. The summed E-state index contributed by atoms with van der Waals surface area (Å²) in [6.45, 7) is 19.4. The van der Waals surface area contributed by atoms with Gasteiger partial charge in [-0.05, 0) is 82.5 Å². The molecule has 152 valence electrons. The number of piperidine rings is 2. The van der Waals surface area contributed by atoms with Crippen LogP contribution in [-0.2, 0) is 0 Å². The molecule has 0 aromatic carbocycles. The topological polar surface area (TPSA) is 15.3 Å². The van der Waals surface area contributed by atoms with Crippen LogP contribution >= 0.6 is 0 Å². The van der Waals surface area contributed by atoms with E-state index in [0.717, 1.165) is 17.8 Å². The van der Waals surface area contributed by atoms with Crippen molar-refractivity contribution in [1.82, 2.24) is 10.2 Å². The Balaban J connectivity index is 0.000000441. The molecule has 0 radical (unpaired) electrons. The van der Waals surface area contributed by atoms with Crippen molar-refractivity contribution in [2.24, 2.45) is 17.8 Å². The number of hydrogen-bond donors (Lipinski definition) is 1. The van der Waals surface area contributed by atoms with Gasteiger partial charge in [0, 0.05) is 6.54 Å². The molecule has 0 spiro atoms. The van der Waals surface area contributed by atoms with Gasteiger partial charge in [0.2, 0.25) is 0 Å². The highest BCUT2D eigenvalue weighted by Crippen LogP contribution is 2.26. The predicted molar refractivity (Wildman–Crippen MR) is 115 cm³/mol. The van der Waals surface area contributed by atoms with Crippen molar-refractivity contribution in [3.63, 3.8) is 0 Å². The Morgan fingerprint density at radius 1 is 0.680 bits per heavy atom. The van der Waals surface area contributed by atoms with Gasteiger partial charge in [0.25, 0.3) is 0 Å². The lowest BCUT2D eigenvalue weighted by atomic mass is 9.88. The summed E-state index contributed by atoms with van der Waals surface area (Å²) in [5.74, 6) is 3.00. The third kappa shape index (κ3) is 12.8. The number of rotatable bonds is 2. The molecular weight excluding hydrogens is 304 g/mol. The Morgan fingerprint density at radius 2 is 1.16 bits per heavy atom. The van der Waals surface area contributed by atoms with Crippen LogP contribution < -0.4 is 5.32 Å². The van der Waals surface area contributed by atoms with Crippen molar-refractivity contribution >= 4 is 0 Å². The fourth-order valence-corrected chi connectivity index (χ4v) is 3.95. The van der Waals surface area contributed by atoms with Crippen molar-refractivity contribution in [3.05, 3.63) is 0 Å². The normalized spacial score (nSPS) is 23.3. The van der Waals surface area contributed by atoms with Crippen LogP contribution in [0.15, 0.2) is 0 Å². The fourth-order valence-electron chi connectivity index (χ4n) is 3.95. The molecule has 1 aliphatic carbocycles. The summed E-state index contributed by atoms with van der Waals surface area (Å²) in [5, 5.41) is 3.32. The lowest BCUT2D eigenvalue weighted by Crippen LogP contribution is -2.37. The van der Waals surface area contributed by atoms with Gasteiger partial charge in [-0.1, -0.05) is 60.8 Å². The SMILES string of the molecule is CC.CC.CC1CCN(CC2CCCCC2)CC1.CC1CCNCC1. The maximum absolute atomic E-state index is 3.32. The molecule has 0 amide bonds. The zero-order chi connectivity index (χ0) is 18.9. The van der Waals surface area contributed by atoms with Crippen LogP contribution in [0.3, 0.4) is 0 Å². The molecule has 25 heavy (non-hydrogen) atoms. The first-order valence-electron chi connectivity index (χ1n) is 11.7. The monoisotopic (exact) mass is 354 g/mol. The first-order chi connectivity index (χ1) is 12.2. The summed E-state index contributed by atoms with van der Waals surface area (Å²) < 4.78 is 0. The maximum atomic E-state index is 3.32. The lowest BCUT2D eigenvalue weighted by Gasteiger charge is -2.34. The minimum absolute atomic E-state index is 0.973. The van der Waals surface area contributed by atoms with E-state index in [2.05, 4.69) is 24.1 Å². The molecule has 2 aliphatic heterocycles. The van der Waals surface area contributed by atoms with Gasteiger partial charge >= 0.3 is 0 Å². The smallest absolute Gasteiger partial charge is 0.000966 e. The summed E-state index contributed by atoms with van der Waals surface area (Å²) in [5.41, 5.74) is 0. The highest BCUT2D eigenvalue weighted by Gasteiger charge is 2.20. The summed E-state index contributed by atoms with van der Waals surface area (Å²) in [6, 6.07) is 0. The zero-order valence-electron chi connectivity index (χ0n) is 18.6. The molecule has 2 heterocycles. The molecule has 2 nitrogen and oxygen atoms in total. The van der Waals surface area contributed by atoms with E-state index in [1.807, 2.05) is 27.7 Å². The van der Waals surface area contributed by atoms with E-state index in [1.165, 1.54) is 90.5 Å². The number of likely N-dealkylation sites (tertiary alicyclic amines) is 1. The van der Waals surface area contributed by atoms with Gasteiger partial charge in [-0.2, -0.15) is 0 Å². The van der Waals surface area contributed by atoms with Crippen LogP contribution in [0, 0.1) is 17.8 Å². The van der Waals surface area contributed by atoms with Crippen LogP contribution in [0.2, 0.25) is 0 Å². The Labute approximate surface area is 160 Å². The van der Waals surface area contributed by atoms with Gasteiger partial charge in [0.1, 0.15) is 0 Å². The van der Waals surface area contributed by atoms with Crippen molar-refractivity contribution in [2.75, 3.05) is 32.7 Å². The highest BCUT2D eigenvalue weighted by molar-refractivity contribution is 4.74. The minimum Gasteiger partial charge on any atom is -0.317 e. The molecule has 0 atom stereocenters. The van der Waals surface area contributed by atoms with Crippen LogP contribution in [0.25, 0.3) is 0 Å². The molecule has 3 fully saturated rings. The minimum atomic E-state index is 0.973. The molecule has 0 aromatic rings. The lowest BCUT2D eigenvalue weighted by molar-refractivity contribution is 0.151. The summed E-state index contributed by atoms with van der Waals surface area (Å²) in [4.78, 5) is 2.72. The van der Waals surface area contributed by atoms with Gasteiger partial charge in [-0.3, -0.25) is 0 Å². The predicted octanol–water partition coefficient (Wildman–Crippen LogP) is 6.36. The molecule has 0 unspecified atom stereocenters. The Hall–Kier alpha value is -0.0800. The van der Waals surface area contributed by atoms with Crippen LogP contribution in [0.4, 0.5) is 0 Å². The number of nitrogens with zero attached hydrogens (tertiary/aromatic N) is 1. The zero-order valence-corrected chi connectivity index (χ0v) is 18.6. The third-order valence-corrected chi connectivity index (χ3v) is 5.75. The van der Waals surface area contributed by atoms with E-state index in [4.69, 9.17) is 0 Å². The molecule has 0 bridgehead atoms. The summed E-state index contributed by atoms with van der Waals surface area (Å²) in [7, 11) is 0. The van der Waals surface area contributed by atoms with E-state index in [-0.39, 0.29) is 0 Å². The Bertz CT molecular complexity index is 247. The number of hydrogen-bond acceptors (Lipinski definition) is 2. The van der Waals surface area contributed by atoms with Crippen LogP contribution in [0.1, 0.15) is 99.3 Å². The highest BCUT2D eigenvalue weighted by atomic mass is 15.1. The van der Waals surface area contributed by atoms with E-state index < -0.39 is 0 Å². The van der Waals surface area contributed by atoms with E-state index >= 15 is 0 Å².